The number of hydrogen-bond acceptors (Lipinski definition) is 2. The van der Waals surface area contributed by atoms with Crippen LogP contribution in [0.4, 0.5) is 4.39 Å². The highest BCUT2D eigenvalue weighted by Crippen LogP contribution is 2.25. The molecule has 0 atom stereocenters. The van der Waals surface area contributed by atoms with Gasteiger partial charge < -0.3 is 4.74 Å². The van der Waals surface area contributed by atoms with Crippen molar-refractivity contribution in [3.63, 3.8) is 0 Å². The number of carbonyl (C=O) groups excluding carboxylic acids is 1. The van der Waals surface area contributed by atoms with E-state index in [0.717, 1.165) is 11.3 Å². The minimum Gasteiger partial charge on any atom is -0.494 e. The van der Waals surface area contributed by atoms with Gasteiger partial charge in [0.15, 0.2) is 0 Å². The molecule has 2 aromatic rings. The fourth-order valence-electron chi connectivity index (χ4n) is 1.74. The van der Waals surface area contributed by atoms with Gasteiger partial charge in [0.2, 0.25) is 0 Å². The molecule has 0 heterocycles. The third-order valence-corrected chi connectivity index (χ3v) is 2.61. The summed E-state index contributed by atoms with van der Waals surface area (Å²) in [7, 11) is 0. The summed E-state index contributed by atoms with van der Waals surface area (Å²) in [5.41, 5.74) is 1.57. The van der Waals surface area contributed by atoms with Crippen molar-refractivity contribution >= 4 is 6.29 Å². The number of rotatable bonds is 4. The van der Waals surface area contributed by atoms with Crippen molar-refractivity contribution in [3.8, 4) is 16.9 Å². The first kappa shape index (κ1) is 12.3. The maximum atomic E-state index is 13.8. The van der Waals surface area contributed by atoms with E-state index in [9.17, 15) is 9.18 Å². The van der Waals surface area contributed by atoms with E-state index >= 15 is 0 Å². The third kappa shape index (κ3) is 2.56. The number of carbonyl (C=O) groups is 1. The third-order valence-electron chi connectivity index (χ3n) is 2.61. The zero-order chi connectivity index (χ0) is 13.0. The second-order valence-electron chi connectivity index (χ2n) is 3.81. The fraction of sp³-hybridized carbons (Fsp3) is 0.133. The van der Waals surface area contributed by atoms with Crippen LogP contribution in [0.3, 0.4) is 0 Å². The van der Waals surface area contributed by atoms with Gasteiger partial charge in [0.25, 0.3) is 0 Å². The largest absolute Gasteiger partial charge is 0.494 e. The minimum absolute atomic E-state index is 0.335. The summed E-state index contributed by atoms with van der Waals surface area (Å²) in [6, 6.07) is 11.6. The highest BCUT2D eigenvalue weighted by molar-refractivity contribution is 5.77. The molecular formula is C15H13FO2. The standard InChI is InChI=1S/C15H13FO2/c1-2-18-13-6-4-12(5-7-13)14-8-3-11(10-17)9-15(14)16/h3-10H,2H2,1H3. The zero-order valence-electron chi connectivity index (χ0n) is 10.0. The first-order valence-corrected chi connectivity index (χ1v) is 5.72. The number of benzene rings is 2. The van der Waals surface area contributed by atoms with Gasteiger partial charge in [0.1, 0.15) is 17.9 Å². The highest BCUT2D eigenvalue weighted by atomic mass is 19.1. The van der Waals surface area contributed by atoms with Crippen LogP contribution in [0, 0.1) is 5.82 Å². The summed E-state index contributed by atoms with van der Waals surface area (Å²) in [5, 5.41) is 0. The van der Waals surface area contributed by atoms with Crippen molar-refractivity contribution in [2.24, 2.45) is 0 Å². The molecule has 0 radical (unpaired) electrons. The van der Waals surface area contributed by atoms with Gasteiger partial charge >= 0.3 is 0 Å². The SMILES string of the molecule is CCOc1ccc(-c2ccc(C=O)cc2F)cc1. The van der Waals surface area contributed by atoms with Crippen LogP contribution in [-0.4, -0.2) is 12.9 Å². The first-order valence-electron chi connectivity index (χ1n) is 5.72. The molecule has 2 rings (SSSR count). The predicted molar refractivity (Wildman–Crippen MR) is 68.4 cm³/mol. The van der Waals surface area contributed by atoms with Crippen molar-refractivity contribution in [3.05, 3.63) is 53.8 Å². The van der Waals surface area contributed by atoms with Crippen LogP contribution in [0.2, 0.25) is 0 Å². The number of ether oxygens (including phenoxy) is 1. The van der Waals surface area contributed by atoms with Crippen LogP contribution in [0.25, 0.3) is 11.1 Å². The van der Waals surface area contributed by atoms with Crippen molar-refractivity contribution in [2.75, 3.05) is 6.61 Å². The van der Waals surface area contributed by atoms with E-state index in [-0.39, 0.29) is 0 Å². The maximum absolute atomic E-state index is 13.8. The van der Waals surface area contributed by atoms with Crippen LogP contribution in [0.5, 0.6) is 5.75 Å². The highest BCUT2D eigenvalue weighted by Gasteiger charge is 2.06. The topological polar surface area (TPSA) is 26.3 Å². The summed E-state index contributed by atoms with van der Waals surface area (Å²) >= 11 is 0. The van der Waals surface area contributed by atoms with Gasteiger partial charge in [-0.15, -0.1) is 0 Å². The van der Waals surface area contributed by atoms with E-state index in [4.69, 9.17) is 4.74 Å². The molecule has 0 saturated carbocycles. The van der Waals surface area contributed by atoms with E-state index in [0.29, 0.717) is 24.0 Å². The molecule has 0 amide bonds. The summed E-state index contributed by atoms with van der Waals surface area (Å²) in [6.45, 7) is 2.51. The lowest BCUT2D eigenvalue weighted by Crippen LogP contribution is -1.91. The Bertz CT molecular complexity index is 547. The summed E-state index contributed by atoms with van der Waals surface area (Å²) < 4.78 is 19.1. The number of halogens is 1. The van der Waals surface area contributed by atoms with Gasteiger partial charge in [0.05, 0.1) is 6.61 Å². The van der Waals surface area contributed by atoms with Crippen LogP contribution >= 0.6 is 0 Å². The molecule has 0 aliphatic heterocycles. The molecule has 0 aliphatic carbocycles. The average molecular weight is 244 g/mol. The van der Waals surface area contributed by atoms with Crippen molar-refractivity contribution in [1.82, 2.24) is 0 Å². The minimum atomic E-state index is -0.399. The average Bonchev–Trinajstić information content (AvgIpc) is 2.40. The summed E-state index contributed by atoms with van der Waals surface area (Å²) in [6.07, 6.45) is 0.630. The Morgan fingerprint density at radius 1 is 1.17 bits per heavy atom. The second-order valence-corrected chi connectivity index (χ2v) is 3.81. The van der Waals surface area contributed by atoms with Crippen LogP contribution in [0.1, 0.15) is 17.3 Å². The Balaban J connectivity index is 2.33. The molecule has 0 aliphatic rings. The van der Waals surface area contributed by atoms with Crippen LogP contribution < -0.4 is 4.74 Å². The van der Waals surface area contributed by atoms with Gasteiger partial charge in [0, 0.05) is 11.1 Å². The van der Waals surface area contributed by atoms with E-state index in [2.05, 4.69) is 0 Å². The lowest BCUT2D eigenvalue weighted by atomic mass is 10.0. The van der Waals surface area contributed by atoms with Gasteiger partial charge in [-0.1, -0.05) is 24.3 Å². The molecule has 0 fully saturated rings. The zero-order valence-corrected chi connectivity index (χ0v) is 10.0. The van der Waals surface area contributed by atoms with Crippen LogP contribution in [-0.2, 0) is 0 Å². The molecule has 3 heteroatoms. The summed E-state index contributed by atoms with van der Waals surface area (Å²) in [4.78, 5) is 10.5. The van der Waals surface area contributed by atoms with E-state index in [1.54, 1.807) is 36.4 Å². The predicted octanol–water partition coefficient (Wildman–Crippen LogP) is 3.70. The monoisotopic (exact) mass is 244 g/mol. The molecule has 2 nitrogen and oxygen atoms in total. The lowest BCUT2D eigenvalue weighted by molar-refractivity contribution is 0.112. The number of hydrogen-bond donors (Lipinski definition) is 0. The van der Waals surface area contributed by atoms with Crippen molar-refractivity contribution in [2.45, 2.75) is 6.92 Å². The molecular weight excluding hydrogens is 231 g/mol. The van der Waals surface area contributed by atoms with E-state index in [1.807, 2.05) is 6.92 Å². The van der Waals surface area contributed by atoms with Crippen molar-refractivity contribution < 1.29 is 13.9 Å². The number of aldehydes is 1. The Morgan fingerprint density at radius 2 is 1.89 bits per heavy atom. The molecule has 0 bridgehead atoms. The Hall–Kier alpha value is -2.16. The van der Waals surface area contributed by atoms with Crippen molar-refractivity contribution in [1.29, 1.82) is 0 Å². The second kappa shape index (κ2) is 5.45. The van der Waals surface area contributed by atoms with Gasteiger partial charge in [-0.25, -0.2) is 4.39 Å². The molecule has 0 saturated heterocycles. The van der Waals surface area contributed by atoms with Gasteiger partial charge in [-0.05, 0) is 30.7 Å². The Kier molecular flexibility index (Phi) is 3.72. The first-order chi connectivity index (χ1) is 8.74. The van der Waals surface area contributed by atoms with Gasteiger partial charge in [-0.2, -0.15) is 0 Å². The fourth-order valence-corrected chi connectivity index (χ4v) is 1.74. The maximum Gasteiger partial charge on any atom is 0.150 e. The smallest absolute Gasteiger partial charge is 0.150 e. The molecule has 2 aromatic carbocycles. The Morgan fingerprint density at radius 3 is 2.44 bits per heavy atom. The molecule has 0 unspecified atom stereocenters. The van der Waals surface area contributed by atoms with Gasteiger partial charge in [-0.3, -0.25) is 4.79 Å². The molecule has 18 heavy (non-hydrogen) atoms. The molecule has 0 aromatic heterocycles. The Labute approximate surface area is 105 Å². The molecule has 92 valence electrons. The molecule has 0 spiro atoms. The van der Waals surface area contributed by atoms with E-state index < -0.39 is 5.82 Å². The normalized spacial score (nSPS) is 10.1. The lowest BCUT2D eigenvalue weighted by Gasteiger charge is -2.06. The van der Waals surface area contributed by atoms with Crippen LogP contribution in [0.15, 0.2) is 42.5 Å². The quantitative estimate of drug-likeness (QED) is 0.766. The summed E-state index contributed by atoms with van der Waals surface area (Å²) in [5.74, 6) is 0.356. The molecule has 0 N–H and O–H groups in total. The van der Waals surface area contributed by atoms with E-state index in [1.165, 1.54) is 6.07 Å².